The lowest BCUT2D eigenvalue weighted by Crippen LogP contribution is -2.48. The Morgan fingerprint density at radius 2 is 1.64 bits per heavy atom. The molecule has 1 aliphatic carbocycles. The molecule has 3 N–H and O–H groups in total. The molecule has 0 aromatic heterocycles. The molecule has 33 heavy (non-hydrogen) atoms. The number of carbonyl (C=O) groups is 2. The Morgan fingerprint density at radius 1 is 0.939 bits per heavy atom. The molecule has 0 spiro atoms. The van der Waals surface area contributed by atoms with Gasteiger partial charge in [0.2, 0.25) is 11.8 Å². The Labute approximate surface area is 202 Å². The summed E-state index contributed by atoms with van der Waals surface area (Å²) in [6.07, 6.45) is 4.45. The van der Waals surface area contributed by atoms with Crippen LogP contribution in [0.25, 0.3) is 0 Å². The smallest absolute Gasteiger partial charge is 0.237 e. The van der Waals surface area contributed by atoms with Crippen molar-refractivity contribution in [1.82, 2.24) is 16.0 Å². The first kappa shape index (κ1) is 25.1. The van der Waals surface area contributed by atoms with Crippen LogP contribution in [0.15, 0.2) is 48.5 Å². The van der Waals surface area contributed by atoms with Crippen LogP contribution in [-0.4, -0.2) is 31.5 Å². The Kier molecular flexibility index (Phi) is 9.15. The molecule has 178 valence electrons. The first-order valence-corrected chi connectivity index (χ1v) is 11.6. The summed E-state index contributed by atoms with van der Waals surface area (Å²) in [6, 6.07) is 15.9. The van der Waals surface area contributed by atoms with Crippen LogP contribution >= 0.6 is 12.4 Å². The van der Waals surface area contributed by atoms with Crippen molar-refractivity contribution in [3.8, 4) is 5.75 Å². The summed E-state index contributed by atoms with van der Waals surface area (Å²) >= 11 is 0. The number of hydrogen-bond donors (Lipinski definition) is 3. The summed E-state index contributed by atoms with van der Waals surface area (Å²) in [5.41, 5.74) is 3.60. The van der Waals surface area contributed by atoms with E-state index in [4.69, 9.17) is 4.74 Å². The molecular weight excluding hydrogens is 438 g/mol. The third kappa shape index (κ3) is 6.71. The normalized spacial score (nSPS) is 21.8. The van der Waals surface area contributed by atoms with E-state index in [1.54, 1.807) is 7.11 Å². The lowest BCUT2D eigenvalue weighted by Gasteiger charge is -2.29. The van der Waals surface area contributed by atoms with Gasteiger partial charge in [-0.15, -0.1) is 12.4 Å². The highest BCUT2D eigenvalue weighted by molar-refractivity contribution is 5.85. The number of halogens is 1. The van der Waals surface area contributed by atoms with E-state index in [9.17, 15) is 9.59 Å². The average molecular weight is 472 g/mol. The number of rotatable bonds is 7. The van der Waals surface area contributed by atoms with E-state index in [1.165, 1.54) is 11.1 Å². The van der Waals surface area contributed by atoms with E-state index < -0.39 is 0 Å². The van der Waals surface area contributed by atoms with Crippen LogP contribution in [0.4, 0.5) is 0 Å². The molecule has 1 unspecified atom stereocenters. The number of nitrogens with one attached hydrogen (secondary N) is 3. The maximum absolute atomic E-state index is 12.6. The van der Waals surface area contributed by atoms with Crippen molar-refractivity contribution in [2.24, 2.45) is 11.8 Å². The maximum atomic E-state index is 12.6. The van der Waals surface area contributed by atoms with Gasteiger partial charge < -0.3 is 20.7 Å². The van der Waals surface area contributed by atoms with Gasteiger partial charge in [-0.25, -0.2) is 0 Å². The van der Waals surface area contributed by atoms with E-state index in [2.05, 4.69) is 28.1 Å². The van der Waals surface area contributed by atoms with E-state index in [-0.39, 0.29) is 36.2 Å². The third-order valence-corrected chi connectivity index (χ3v) is 6.81. The minimum Gasteiger partial charge on any atom is -0.497 e. The monoisotopic (exact) mass is 471 g/mol. The second kappa shape index (κ2) is 12.1. The minimum absolute atomic E-state index is 0. The van der Waals surface area contributed by atoms with Gasteiger partial charge in [0, 0.05) is 25.6 Å². The molecule has 1 heterocycles. The number of amides is 2. The summed E-state index contributed by atoms with van der Waals surface area (Å²) in [5.74, 6) is 1.54. The predicted molar refractivity (Wildman–Crippen MR) is 131 cm³/mol. The van der Waals surface area contributed by atoms with Crippen LogP contribution in [-0.2, 0) is 29.1 Å². The van der Waals surface area contributed by atoms with Gasteiger partial charge in [-0.3, -0.25) is 9.59 Å². The minimum atomic E-state index is -0.162. The van der Waals surface area contributed by atoms with Gasteiger partial charge in [0.25, 0.3) is 0 Å². The molecular formula is C26H34ClN3O3. The topological polar surface area (TPSA) is 79.5 Å². The van der Waals surface area contributed by atoms with Crippen molar-refractivity contribution in [1.29, 1.82) is 0 Å². The van der Waals surface area contributed by atoms with Gasteiger partial charge in [0.1, 0.15) is 5.75 Å². The third-order valence-electron chi connectivity index (χ3n) is 6.81. The predicted octanol–water partition coefficient (Wildman–Crippen LogP) is 3.37. The van der Waals surface area contributed by atoms with Crippen LogP contribution in [0.3, 0.4) is 0 Å². The van der Waals surface area contributed by atoms with E-state index in [1.807, 2.05) is 36.4 Å². The molecule has 6 nitrogen and oxygen atoms in total. The highest BCUT2D eigenvalue weighted by Gasteiger charge is 2.28. The number of fused-ring (bicyclic) bond motifs is 1. The van der Waals surface area contributed by atoms with Crippen molar-refractivity contribution in [2.75, 3.05) is 13.7 Å². The highest BCUT2D eigenvalue weighted by Crippen LogP contribution is 2.28. The quantitative estimate of drug-likeness (QED) is 0.578. The fourth-order valence-corrected chi connectivity index (χ4v) is 4.71. The molecule has 2 amide bonds. The Balaban J connectivity index is 0.00000306. The number of carbonyl (C=O) groups excluding carboxylic acids is 2. The first-order chi connectivity index (χ1) is 15.6. The zero-order valence-electron chi connectivity index (χ0n) is 19.1. The van der Waals surface area contributed by atoms with Crippen LogP contribution < -0.4 is 20.7 Å². The molecule has 2 aromatic carbocycles. The van der Waals surface area contributed by atoms with Crippen LogP contribution in [0, 0.1) is 11.8 Å². The zero-order valence-corrected chi connectivity index (χ0v) is 20.0. The molecule has 1 aliphatic heterocycles. The fourth-order valence-electron chi connectivity index (χ4n) is 4.71. The molecule has 2 aromatic rings. The first-order valence-electron chi connectivity index (χ1n) is 11.6. The van der Waals surface area contributed by atoms with E-state index in [0.29, 0.717) is 19.0 Å². The molecule has 1 saturated carbocycles. The molecule has 0 radical (unpaired) electrons. The van der Waals surface area contributed by atoms with Gasteiger partial charge in [0.05, 0.1) is 13.2 Å². The SMILES string of the molecule is COc1ccc(CNC(=O)C2CCC(CNC(=O)C3Cc4ccccc4CN3)CC2)cc1.Cl. The van der Waals surface area contributed by atoms with Crippen molar-refractivity contribution in [2.45, 2.75) is 51.2 Å². The van der Waals surface area contributed by atoms with Crippen molar-refractivity contribution in [3.63, 3.8) is 0 Å². The van der Waals surface area contributed by atoms with Gasteiger partial charge >= 0.3 is 0 Å². The average Bonchev–Trinajstić information content (AvgIpc) is 2.86. The van der Waals surface area contributed by atoms with Crippen LogP contribution in [0.2, 0.25) is 0 Å². The Morgan fingerprint density at radius 3 is 2.33 bits per heavy atom. The summed E-state index contributed by atoms with van der Waals surface area (Å²) in [7, 11) is 1.64. The Hall–Kier alpha value is -2.57. The molecule has 1 fully saturated rings. The standard InChI is InChI=1S/C26H33N3O3.ClH/c1-32-23-12-8-19(9-13-23)15-28-25(30)20-10-6-18(7-11-20)16-29-26(31)24-14-21-4-2-3-5-22(21)17-27-24;/h2-5,8-9,12-13,18,20,24,27H,6-7,10-11,14-17H2,1H3,(H,28,30)(H,29,31);1H. The Bertz CT molecular complexity index is 927. The molecule has 7 heteroatoms. The van der Waals surface area contributed by atoms with Gasteiger partial charge in [-0.05, 0) is 66.8 Å². The zero-order chi connectivity index (χ0) is 22.3. The fraction of sp³-hybridized carbons (Fsp3) is 0.462. The molecule has 0 bridgehead atoms. The van der Waals surface area contributed by atoms with Gasteiger partial charge in [-0.1, -0.05) is 36.4 Å². The van der Waals surface area contributed by atoms with Crippen molar-refractivity contribution >= 4 is 24.2 Å². The second-order valence-corrected chi connectivity index (χ2v) is 8.94. The number of hydrogen-bond acceptors (Lipinski definition) is 4. The molecule has 0 saturated heterocycles. The molecule has 2 aliphatic rings. The lowest BCUT2D eigenvalue weighted by molar-refractivity contribution is -0.127. The summed E-state index contributed by atoms with van der Waals surface area (Å²) in [4.78, 5) is 25.2. The van der Waals surface area contributed by atoms with Crippen LogP contribution in [0.1, 0.15) is 42.4 Å². The number of benzene rings is 2. The highest BCUT2D eigenvalue weighted by atomic mass is 35.5. The van der Waals surface area contributed by atoms with Crippen molar-refractivity contribution < 1.29 is 14.3 Å². The largest absolute Gasteiger partial charge is 0.497 e. The van der Waals surface area contributed by atoms with Crippen molar-refractivity contribution in [3.05, 3.63) is 65.2 Å². The van der Waals surface area contributed by atoms with Crippen LogP contribution in [0.5, 0.6) is 5.75 Å². The lowest BCUT2D eigenvalue weighted by atomic mass is 9.81. The summed E-state index contributed by atoms with van der Waals surface area (Å²) in [5, 5.41) is 9.55. The molecule has 4 rings (SSSR count). The number of ether oxygens (including phenoxy) is 1. The van der Waals surface area contributed by atoms with Gasteiger partial charge in [-0.2, -0.15) is 0 Å². The maximum Gasteiger partial charge on any atom is 0.237 e. The van der Waals surface area contributed by atoms with E-state index in [0.717, 1.165) is 50.0 Å². The van der Waals surface area contributed by atoms with E-state index >= 15 is 0 Å². The summed E-state index contributed by atoms with van der Waals surface area (Å²) < 4.78 is 5.17. The number of methoxy groups -OCH3 is 1. The van der Waals surface area contributed by atoms with Gasteiger partial charge in [0.15, 0.2) is 0 Å². The second-order valence-electron chi connectivity index (χ2n) is 8.94. The molecule has 1 atom stereocenters. The summed E-state index contributed by atoms with van der Waals surface area (Å²) in [6.45, 7) is 1.97.